The Labute approximate surface area is 91.5 Å². The molecular weight excluding hydrogens is 188 g/mol. The summed E-state index contributed by atoms with van der Waals surface area (Å²) in [5.74, 6) is 0.479. The van der Waals surface area contributed by atoms with E-state index in [1.807, 2.05) is 30.8 Å². The highest BCUT2D eigenvalue weighted by Crippen LogP contribution is 2.07. The van der Waals surface area contributed by atoms with E-state index in [-0.39, 0.29) is 5.92 Å². The predicted molar refractivity (Wildman–Crippen MR) is 60.7 cm³/mol. The first-order valence-corrected chi connectivity index (χ1v) is 5.68. The fourth-order valence-electron chi connectivity index (χ4n) is 1.53. The van der Waals surface area contributed by atoms with E-state index < -0.39 is 0 Å². The quantitative estimate of drug-likeness (QED) is 0.719. The molecule has 0 aliphatic heterocycles. The lowest BCUT2D eigenvalue weighted by Crippen LogP contribution is -2.10. The van der Waals surface area contributed by atoms with Gasteiger partial charge < -0.3 is 0 Å². The van der Waals surface area contributed by atoms with Crippen molar-refractivity contribution in [3.63, 3.8) is 0 Å². The van der Waals surface area contributed by atoms with Gasteiger partial charge >= 0.3 is 0 Å². The second-order valence-electron chi connectivity index (χ2n) is 4.17. The van der Waals surface area contributed by atoms with Gasteiger partial charge in [-0.25, -0.2) is 0 Å². The van der Waals surface area contributed by atoms with E-state index in [1.165, 1.54) is 5.69 Å². The molecule has 0 N–H and O–H groups in total. The average molecular weight is 208 g/mol. The molecule has 1 rings (SSSR count). The summed E-state index contributed by atoms with van der Waals surface area (Å²) in [5.41, 5.74) is 1.17. The maximum absolute atomic E-state index is 11.5. The number of aryl methyl sites for hydroxylation is 2. The molecule has 0 atom stereocenters. The summed E-state index contributed by atoms with van der Waals surface area (Å²) in [6.45, 7) is 6.97. The smallest absolute Gasteiger partial charge is 0.135 e. The summed E-state index contributed by atoms with van der Waals surface area (Å²) >= 11 is 0. The maximum atomic E-state index is 11.5. The van der Waals surface area contributed by atoms with Crippen molar-refractivity contribution >= 4 is 5.78 Å². The van der Waals surface area contributed by atoms with Crippen LogP contribution in [0.1, 0.15) is 39.3 Å². The molecule has 1 aromatic heterocycles. The average Bonchev–Trinajstić information content (AvgIpc) is 2.62. The fourth-order valence-corrected chi connectivity index (χ4v) is 1.53. The van der Waals surface area contributed by atoms with Gasteiger partial charge in [0.15, 0.2) is 0 Å². The molecule has 0 bridgehead atoms. The molecule has 0 fully saturated rings. The number of carbonyl (C=O) groups excluding carboxylic acids is 1. The van der Waals surface area contributed by atoms with Crippen molar-refractivity contribution in [3.05, 3.63) is 18.0 Å². The van der Waals surface area contributed by atoms with Gasteiger partial charge in [0.1, 0.15) is 5.78 Å². The molecular formula is C12H20N2O. The normalized spacial score (nSPS) is 10.9. The first-order chi connectivity index (χ1) is 7.15. The molecule has 0 unspecified atom stereocenters. The summed E-state index contributed by atoms with van der Waals surface area (Å²) in [6, 6.07) is 2.00. The monoisotopic (exact) mass is 208 g/mol. The van der Waals surface area contributed by atoms with E-state index in [9.17, 15) is 4.79 Å². The summed E-state index contributed by atoms with van der Waals surface area (Å²) in [7, 11) is 0. The van der Waals surface area contributed by atoms with Crippen molar-refractivity contribution in [2.75, 3.05) is 0 Å². The third kappa shape index (κ3) is 3.50. The topological polar surface area (TPSA) is 34.9 Å². The van der Waals surface area contributed by atoms with Gasteiger partial charge in [0.25, 0.3) is 0 Å². The molecule has 0 spiro atoms. The van der Waals surface area contributed by atoms with Crippen LogP contribution in [0.15, 0.2) is 12.3 Å². The van der Waals surface area contributed by atoms with Crippen LogP contribution < -0.4 is 0 Å². The molecule has 1 aromatic rings. The Kier molecular flexibility index (Phi) is 4.53. The van der Waals surface area contributed by atoms with Gasteiger partial charge in [0.05, 0.1) is 0 Å². The molecule has 0 radical (unpaired) electrons. The third-order valence-electron chi connectivity index (χ3n) is 2.51. The summed E-state index contributed by atoms with van der Waals surface area (Å²) in [5, 5.41) is 4.23. The number of hydrogen-bond acceptors (Lipinski definition) is 2. The molecule has 0 aliphatic rings. The molecule has 0 saturated carbocycles. The van der Waals surface area contributed by atoms with E-state index >= 15 is 0 Å². The van der Waals surface area contributed by atoms with Crippen LogP contribution in [-0.4, -0.2) is 15.6 Å². The summed E-state index contributed by atoms with van der Waals surface area (Å²) in [4.78, 5) is 11.5. The minimum atomic E-state index is 0.146. The van der Waals surface area contributed by atoms with Crippen LogP contribution in [0, 0.1) is 5.92 Å². The zero-order valence-corrected chi connectivity index (χ0v) is 9.86. The Morgan fingerprint density at radius 2 is 2.27 bits per heavy atom. The van der Waals surface area contributed by atoms with E-state index in [0.29, 0.717) is 12.2 Å². The number of aromatic nitrogens is 2. The highest BCUT2D eigenvalue weighted by molar-refractivity contribution is 5.80. The van der Waals surface area contributed by atoms with Crippen LogP contribution in [0.4, 0.5) is 0 Å². The Hall–Kier alpha value is -1.12. The lowest BCUT2D eigenvalue weighted by molar-refractivity contribution is -0.121. The Bertz CT molecular complexity index is 315. The molecule has 0 amide bonds. The minimum Gasteiger partial charge on any atom is -0.299 e. The van der Waals surface area contributed by atoms with Crippen LogP contribution in [0.25, 0.3) is 0 Å². The van der Waals surface area contributed by atoms with Crippen molar-refractivity contribution in [2.45, 2.75) is 46.6 Å². The van der Waals surface area contributed by atoms with Crippen molar-refractivity contribution in [1.29, 1.82) is 0 Å². The second kappa shape index (κ2) is 5.69. The van der Waals surface area contributed by atoms with Gasteiger partial charge in [-0.1, -0.05) is 20.8 Å². The van der Waals surface area contributed by atoms with Crippen molar-refractivity contribution in [2.24, 2.45) is 5.92 Å². The van der Waals surface area contributed by atoms with E-state index in [2.05, 4.69) is 12.0 Å². The number of rotatable bonds is 6. The lowest BCUT2D eigenvalue weighted by atomic mass is 10.0. The SMILES string of the molecule is CCCn1nccc1CCC(=O)C(C)C. The Morgan fingerprint density at radius 3 is 2.87 bits per heavy atom. The number of Topliss-reactive ketones (excluding diaryl/α,β-unsaturated/α-hetero) is 1. The number of ketones is 1. The van der Waals surface area contributed by atoms with Gasteiger partial charge in [-0.2, -0.15) is 5.10 Å². The molecule has 0 aromatic carbocycles. The number of nitrogens with zero attached hydrogens (tertiary/aromatic N) is 2. The first kappa shape index (κ1) is 12.0. The van der Waals surface area contributed by atoms with E-state index in [1.54, 1.807) is 0 Å². The predicted octanol–water partition coefficient (Wildman–Crippen LogP) is 2.45. The van der Waals surface area contributed by atoms with Gasteiger partial charge in [-0.3, -0.25) is 9.48 Å². The third-order valence-corrected chi connectivity index (χ3v) is 2.51. The molecule has 1 heterocycles. The lowest BCUT2D eigenvalue weighted by Gasteiger charge is -2.06. The van der Waals surface area contributed by atoms with Crippen LogP contribution in [0.5, 0.6) is 0 Å². The van der Waals surface area contributed by atoms with Crippen LogP contribution in [0.3, 0.4) is 0 Å². The molecule has 3 heteroatoms. The summed E-state index contributed by atoms with van der Waals surface area (Å²) in [6.07, 6.45) is 4.34. The zero-order chi connectivity index (χ0) is 11.3. The van der Waals surface area contributed by atoms with Crippen molar-refractivity contribution in [3.8, 4) is 0 Å². The van der Waals surface area contributed by atoms with Gasteiger partial charge in [-0.15, -0.1) is 0 Å². The van der Waals surface area contributed by atoms with Crippen LogP contribution in [0.2, 0.25) is 0 Å². The van der Waals surface area contributed by atoms with E-state index in [4.69, 9.17) is 0 Å². The molecule has 84 valence electrons. The van der Waals surface area contributed by atoms with E-state index in [0.717, 1.165) is 19.4 Å². The highest BCUT2D eigenvalue weighted by Gasteiger charge is 2.09. The molecule has 0 aliphatic carbocycles. The van der Waals surface area contributed by atoms with Crippen LogP contribution in [-0.2, 0) is 17.8 Å². The minimum absolute atomic E-state index is 0.146. The van der Waals surface area contributed by atoms with Crippen molar-refractivity contribution < 1.29 is 4.79 Å². The molecule has 15 heavy (non-hydrogen) atoms. The maximum Gasteiger partial charge on any atom is 0.135 e. The largest absolute Gasteiger partial charge is 0.299 e. The van der Waals surface area contributed by atoms with Gasteiger partial charge in [0, 0.05) is 30.8 Å². The highest BCUT2D eigenvalue weighted by atomic mass is 16.1. The standard InChI is InChI=1S/C12H20N2O/c1-4-9-14-11(7-8-13-14)5-6-12(15)10(2)3/h7-8,10H,4-6,9H2,1-3H3. The fraction of sp³-hybridized carbons (Fsp3) is 0.667. The van der Waals surface area contributed by atoms with Crippen LogP contribution >= 0.6 is 0 Å². The molecule has 3 nitrogen and oxygen atoms in total. The molecule has 0 saturated heterocycles. The Morgan fingerprint density at radius 1 is 1.53 bits per heavy atom. The van der Waals surface area contributed by atoms with Crippen molar-refractivity contribution in [1.82, 2.24) is 9.78 Å². The number of carbonyl (C=O) groups is 1. The summed E-state index contributed by atoms with van der Waals surface area (Å²) < 4.78 is 1.99. The van der Waals surface area contributed by atoms with Gasteiger partial charge in [0.2, 0.25) is 0 Å². The Balaban J connectivity index is 2.50. The van der Waals surface area contributed by atoms with Gasteiger partial charge in [-0.05, 0) is 18.9 Å². The first-order valence-electron chi connectivity index (χ1n) is 5.68. The second-order valence-corrected chi connectivity index (χ2v) is 4.17. The number of hydrogen-bond donors (Lipinski definition) is 0. The zero-order valence-electron chi connectivity index (χ0n) is 9.86.